The number of carbonyl (C=O) groups excluding carboxylic acids is 2. The summed E-state index contributed by atoms with van der Waals surface area (Å²) >= 11 is 7.31. The lowest BCUT2D eigenvalue weighted by atomic mass is 10.1. The molecule has 0 unspecified atom stereocenters. The Hall–Kier alpha value is -2.97. The van der Waals surface area contributed by atoms with Gasteiger partial charge in [-0.3, -0.25) is 14.5 Å². The molecule has 0 bridgehead atoms. The zero-order chi connectivity index (χ0) is 22.5. The summed E-state index contributed by atoms with van der Waals surface area (Å²) in [6, 6.07) is 9.65. The fourth-order valence-corrected chi connectivity index (χ4v) is 4.07. The fraction of sp³-hybridized carbons (Fsp3) is 0.227. The molecule has 2 amide bonds. The minimum absolute atomic E-state index is 0.161. The van der Waals surface area contributed by atoms with Gasteiger partial charge in [0.15, 0.2) is 11.5 Å². The molecule has 0 radical (unpaired) electrons. The minimum Gasteiger partial charge on any atom is -0.490 e. The molecule has 1 saturated heterocycles. The normalized spacial score (nSPS) is 14.9. The van der Waals surface area contributed by atoms with E-state index >= 15 is 0 Å². The third-order valence-corrected chi connectivity index (χ3v) is 5.59. The number of aromatic carboxylic acids is 1. The lowest BCUT2D eigenvalue weighted by molar-refractivity contribution is -0.122. The zero-order valence-electron chi connectivity index (χ0n) is 16.9. The maximum absolute atomic E-state index is 12.3. The van der Waals surface area contributed by atoms with Gasteiger partial charge in [-0.2, -0.15) is 0 Å². The molecule has 3 rings (SSSR count). The van der Waals surface area contributed by atoms with E-state index in [1.807, 2.05) is 6.92 Å². The maximum Gasteiger partial charge on any atom is 0.335 e. The summed E-state index contributed by atoms with van der Waals surface area (Å²) in [4.78, 5) is 36.7. The number of carbonyl (C=O) groups is 3. The summed E-state index contributed by atoms with van der Waals surface area (Å²) in [5, 5.41) is 8.97. The summed E-state index contributed by atoms with van der Waals surface area (Å²) in [5.41, 5.74) is 1.56. The number of hydrogen-bond acceptors (Lipinski definition) is 6. The highest BCUT2D eigenvalue weighted by Crippen LogP contribution is 2.39. The molecule has 162 valence electrons. The van der Waals surface area contributed by atoms with Crippen LogP contribution in [-0.2, 0) is 11.4 Å². The Balaban J connectivity index is 1.83. The molecule has 2 aromatic rings. The van der Waals surface area contributed by atoms with Gasteiger partial charge in [-0.15, -0.1) is 0 Å². The number of imide groups is 1. The number of likely N-dealkylation sites (N-methyl/N-ethyl adjacent to an activating group) is 1. The molecule has 7 nitrogen and oxygen atoms in total. The number of hydrogen-bond donors (Lipinski definition) is 1. The highest BCUT2D eigenvalue weighted by Gasteiger charge is 2.33. The second-order valence-corrected chi connectivity index (χ2v) is 7.88. The quantitative estimate of drug-likeness (QED) is 0.548. The number of halogens is 1. The second-order valence-electron chi connectivity index (χ2n) is 6.48. The minimum atomic E-state index is -0.999. The first-order valence-corrected chi connectivity index (χ1v) is 10.7. The standard InChI is InChI=1S/C22H20ClNO6S/c1-3-24-20(25)18(31-22(24)28)11-14-9-16(23)19(17(10-14)29-4-2)30-12-13-5-7-15(8-6-13)21(26)27/h5-11H,3-4,12H2,1-2H3,(H,26,27)/b18-11+. The highest BCUT2D eigenvalue weighted by molar-refractivity contribution is 8.18. The van der Waals surface area contributed by atoms with Gasteiger partial charge in [0.25, 0.3) is 11.1 Å². The number of nitrogens with zero attached hydrogens (tertiary/aromatic N) is 1. The molecule has 1 fully saturated rings. The van der Waals surface area contributed by atoms with E-state index in [0.29, 0.717) is 35.1 Å². The van der Waals surface area contributed by atoms with Crippen LogP contribution in [0.2, 0.25) is 5.02 Å². The van der Waals surface area contributed by atoms with Crippen LogP contribution in [0, 0.1) is 0 Å². The monoisotopic (exact) mass is 461 g/mol. The summed E-state index contributed by atoms with van der Waals surface area (Å²) in [7, 11) is 0. The van der Waals surface area contributed by atoms with Gasteiger partial charge in [0.2, 0.25) is 0 Å². The Morgan fingerprint density at radius 2 is 1.87 bits per heavy atom. The number of amides is 2. The second kappa shape index (κ2) is 9.89. The van der Waals surface area contributed by atoms with Crippen LogP contribution in [-0.4, -0.2) is 40.3 Å². The Labute approximate surface area is 188 Å². The molecule has 0 aromatic heterocycles. The van der Waals surface area contributed by atoms with Crippen molar-refractivity contribution in [3.63, 3.8) is 0 Å². The number of thioether (sulfide) groups is 1. The lowest BCUT2D eigenvalue weighted by Gasteiger charge is -2.15. The Morgan fingerprint density at radius 1 is 1.16 bits per heavy atom. The molecule has 1 heterocycles. The number of rotatable bonds is 8. The third-order valence-electron chi connectivity index (χ3n) is 4.40. The van der Waals surface area contributed by atoms with Crippen molar-refractivity contribution in [3.05, 3.63) is 63.0 Å². The van der Waals surface area contributed by atoms with Gasteiger partial charge in [-0.05, 0) is 67.1 Å². The topological polar surface area (TPSA) is 93.1 Å². The molecule has 0 saturated carbocycles. The van der Waals surface area contributed by atoms with Gasteiger partial charge in [0.1, 0.15) is 6.61 Å². The first-order chi connectivity index (χ1) is 14.8. The van der Waals surface area contributed by atoms with Crippen LogP contribution < -0.4 is 9.47 Å². The molecule has 2 aromatic carbocycles. The molecule has 0 aliphatic carbocycles. The van der Waals surface area contributed by atoms with Crippen molar-refractivity contribution in [2.75, 3.05) is 13.2 Å². The number of carboxylic acids is 1. The number of carboxylic acid groups (broad SMARTS) is 1. The summed E-state index contributed by atoms with van der Waals surface area (Å²) in [6.07, 6.45) is 1.60. The van der Waals surface area contributed by atoms with Crippen LogP contribution >= 0.6 is 23.4 Å². The van der Waals surface area contributed by atoms with E-state index in [1.54, 1.807) is 37.3 Å². The van der Waals surface area contributed by atoms with Crippen LogP contribution in [0.5, 0.6) is 11.5 Å². The molecule has 9 heteroatoms. The van der Waals surface area contributed by atoms with Crippen molar-refractivity contribution in [2.24, 2.45) is 0 Å². The van der Waals surface area contributed by atoms with Crippen LogP contribution in [0.3, 0.4) is 0 Å². The number of benzene rings is 2. The average molecular weight is 462 g/mol. The van der Waals surface area contributed by atoms with Crippen LogP contribution in [0.1, 0.15) is 35.3 Å². The van der Waals surface area contributed by atoms with Gasteiger partial charge in [-0.1, -0.05) is 23.7 Å². The highest BCUT2D eigenvalue weighted by atomic mass is 35.5. The molecular formula is C22H20ClNO6S. The third kappa shape index (κ3) is 5.21. The van der Waals surface area contributed by atoms with E-state index in [4.69, 9.17) is 26.2 Å². The van der Waals surface area contributed by atoms with E-state index in [0.717, 1.165) is 17.3 Å². The summed E-state index contributed by atoms with van der Waals surface area (Å²) in [6.45, 7) is 4.41. The molecule has 1 aliphatic heterocycles. The molecule has 0 spiro atoms. The SMILES string of the molecule is CCOc1cc(/C=C2/SC(=O)N(CC)C2=O)cc(Cl)c1OCc1ccc(C(=O)O)cc1. The van der Waals surface area contributed by atoms with Gasteiger partial charge in [-0.25, -0.2) is 4.79 Å². The van der Waals surface area contributed by atoms with Crippen LogP contribution in [0.4, 0.5) is 4.79 Å². The van der Waals surface area contributed by atoms with Crippen molar-refractivity contribution >= 4 is 46.6 Å². The molecular weight excluding hydrogens is 442 g/mol. The Bertz CT molecular complexity index is 1050. The first kappa shape index (κ1) is 22.7. The van der Waals surface area contributed by atoms with Crippen LogP contribution in [0.15, 0.2) is 41.3 Å². The van der Waals surface area contributed by atoms with E-state index in [1.165, 1.54) is 17.0 Å². The molecule has 0 atom stereocenters. The number of ether oxygens (including phenoxy) is 2. The van der Waals surface area contributed by atoms with Crippen molar-refractivity contribution in [3.8, 4) is 11.5 Å². The average Bonchev–Trinajstić information content (AvgIpc) is 3.00. The van der Waals surface area contributed by atoms with E-state index in [2.05, 4.69) is 0 Å². The molecule has 31 heavy (non-hydrogen) atoms. The summed E-state index contributed by atoms with van der Waals surface area (Å²) in [5.74, 6) is -0.596. The predicted octanol–water partition coefficient (Wildman–Crippen LogP) is 5.07. The van der Waals surface area contributed by atoms with E-state index in [-0.39, 0.29) is 28.3 Å². The van der Waals surface area contributed by atoms with Crippen molar-refractivity contribution < 1.29 is 29.0 Å². The predicted molar refractivity (Wildman–Crippen MR) is 119 cm³/mol. The summed E-state index contributed by atoms with van der Waals surface area (Å²) < 4.78 is 11.5. The van der Waals surface area contributed by atoms with Crippen LogP contribution in [0.25, 0.3) is 6.08 Å². The smallest absolute Gasteiger partial charge is 0.335 e. The Morgan fingerprint density at radius 3 is 2.45 bits per heavy atom. The maximum atomic E-state index is 12.3. The first-order valence-electron chi connectivity index (χ1n) is 9.50. The van der Waals surface area contributed by atoms with Gasteiger partial charge in [0.05, 0.1) is 22.1 Å². The Kier molecular flexibility index (Phi) is 7.25. The van der Waals surface area contributed by atoms with Gasteiger partial charge < -0.3 is 14.6 Å². The van der Waals surface area contributed by atoms with Gasteiger partial charge >= 0.3 is 5.97 Å². The van der Waals surface area contributed by atoms with Crippen molar-refractivity contribution in [1.82, 2.24) is 4.90 Å². The van der Waals surface area contributed by atoms with Crippen molar-refractivity contribution in [2.45, 2.75) is 20.5 Å². The van der Waals surface area contributed by atoms with Crippen molar-refractivity contribution in [1.29, 1.82) is 0 Å². The lowest BCUT2D eigenvalue weighted by Crippen LogP contribution is -2.27. The molecule has 1 aliphatic rings. The van der Waals surface area contributed by atoms with E-state index in [9.17, 15) is 14.4 Å². The zero-order valence-corrected chi connectivity index (χ0v) is 18.5. The fourth-order valence-electron chi connectivity index (χ4n) is 2.90. The largest absolute Gasteiger partial charge is 0.490 e. The molecule has 1 N–H and O–H groups in total. The van der Waals surface area contributed by atoms with E-state index < -0.39 is 5.97 Å². The van der Waals surface area contributed by atoms with Gasteiger partial charge in [0, 0.05) is 6.54 Å².